The Hall–Kier alpha value is -0.480. The van der Waals surface area contributed by atoms with Crippen LogP contribution in [0.2, 0.25) is 0 Å². The minimum atomic E-state index is 0.197. The molecular formula is C10H10BrNOS. The van der Waals surface area contributed by atoms with E-state index in [1.54, 1.807) is 11.8 Å². The molecule has 1 aromatic rings. The number of hydrogen-bond acceptors (Lipinski definition) is 2. The van der Waals surface area contributed by atoms with Gasteiger partial charge in [-0.25, -0.2) is 0 Å². The number of thioether (sulfide) groups is 1. The third-order valence-corrected chi connectivity index (χ3v) is 3.72. The number of halogens is 1. The maximum absolute atomic E-state index is 11.6. The van der Waals surface area contributed by atoms with E-state index < -0.39 is 0 Å². The number of carbonyl (C=O) groups excluding carboxylic acids is 1. The van der Waals surface area contributed by atoms with Gasteiger partial charge in [-0.2, -0.15) is 0 Å². The number of amides is 1. The predicted molar refractivity (Wildman–Crippen MR) is 62.9 cm³/mol. The lowest BCUT2D eigenvalue weighted by Crippen LogP contribution is -2.34. The second-order valence-corrected chi connectivity index (χ2v) is 4.97. The van der Waals surface area contributed by atoms with Crippen molar-refractivity contribution in [2.75, 3.05) is 17.2 Å². The van der Waals surface area contributed by atoms with Crippen molar-refractivity contribution in [3.63, 3.8) is 0 Å². The Kier molecular flexibility index (Phi) is 2.83. The molecule has 4 heteroatoms. The number of rotatable bonds is 1. The quantitative estimate of drug-likeness (QED) is 0.783. The first-order valence-electron chi connectivity index (χ1n) is 4.45. The summed E-state index contributed by atoms with van der Waals surface area (Å²) in [6.07, 6.45) is 0. The maximum Gasteiger partial charge on any atom is 0.237 e. The molecule has 1 aromatic carbocycles. The summed E-state index contributed by atoms with van der Waals surface area (Å²) in [6.45, 7) is 2.74. The van der Waals surface area contributed by atoms with Crippen molar-refractivity contribution in [2.24, 2.45) is 0 Å². The van der Waals surface area contributed by atoms with Crippen LogP contribution in [0.3, 0.4) is 0 Å². The summed E-state index contributed by atoms with van der Waals surface area (Å²) >= 11 is 5.03. The van der Waals surface area contributed by atoms with Gasteiger partial charge in [-0.05, 0) is 25.1 Å². The molecular weight excluding hydrogens is 262 g/mol. The van der Waals surface area contributed by atoms with Crippen LogP contribution in [0, 0.1) is 0 Å². The Morgan fingerprint density at radius 2 is 2.36 bits per heavy atom. The lowest BCUT2D eigenvalue weighted by atomic mass is 10.2. The van der Waals surface area contributed by atoms with Crippen molar-refractivity contribution in [1.82, 2.24) is 0 Å². The number of nitrogens with zero attached hydrogens (tertiary/aromatic N) is 1. The van der Waals surface area contributed by atoms with E-state index in [1.165, 1.54) is 4.90 Å². The van der Waals surface area contributed by atoms with E-state index in [9.17, 15) is 4.79 Å². The summed E-state index contributed by atoms with van der Waals surface area (Å²) in [5.74, 6) is 0.755. The molecule has 14 heavy (non-hydrogen) atoms. The fourth-order valence-electron chi connectivity index (χ4n) is 1.52. The van der Waals surface area contributed by atoms with Crippen LogP contribution in [0.15, 0.2) is 27.6 Å². The van der Waals surface area contributed by atoms with Crippen LogP contribution in [0.4, 0.5) is 5.69 Å². The standard InChI is InChI=1S/C10H10BrNOS/c1-2-12-8-5-7(11)3-4-9(8)14-6-10(12)13/h3-5H,2,6H2,1H3. The van der Waals surface area contributed by atoms with Gasteiger partial charge in [-0.3, -0.25) is 4.79 Å². The molecule has 74 valence electrons. The van der Waals surface area contributed by atoms with E-state index in [0.717, 1.165) is 16.7 Å². The van der Waals surface area contributed by atoms with Gasteiger partial charge in [0.05, 0.1) is 11.4 Å². The topological polar surface area (TPSA) is 20.3 Å². The number of anilines is 1. The van der Waals surface area contributed by atoms with Crippen molar-refractivity contribution >= 4 is 39.3 Å². The zero-order chi connectivity index (χ0) is 10.1. The average molecular weight is 272 g/mol. The minimum Gasteiger partial charge on any atom is -0.311 e. The number of benzene rings is 1. The summed E-state index contributed by atoms with van der Waals surface area (Å²) < 4.78 is 1.02. The van der Waals surface area contributed by atoms with Crippen LogP contribution in [0.1, 0.15) is 6.92 Å². The monoisotopic (exact) mass is 271 g/mol. The predicted octanol–water partition coefficient (Wildman–Crippen LogP) is 2.91. The van der Waals surface area contributed by atoms with Crippen LogP contribution >= 0.6 is 27.7 Å². The number of carbonyl (C=O) groups is 1. The lowest BCUT2D eigenvalue weighted by Gasteiger charge is -2.27. The first kappa shape index (κ1) is 10.1. The Bertz CT molecular complexity index is 380. The van der Waals surface area contributed by atoms with Crippen molar-refractivity contribution in [2.45, 2.75) is 11.8 Å². The molecule has 1 heterocycles. The summed E-state index contributed by atoms with van der Waals surface area (Å²) in [6, 6.07) is 6.07. The van der Waals surface area contributed by atoms with Crippen LogP contribution in [-0.4, -0.2) is 18.2 Å². The van der Waals surface area contributed by atoms with Gasteiger partial charge in [0.15, 0.2) is 0 Å². The molecule has 0 bridgehead atoms. The van der Waals surface area contributed by atoms with Crippen LogP contribution in [0.25, 0.3) is 0 Å². The normalized spacial score (nSPS) is 15.6. The molecule has 2 rings (SSSR count). The highest BCUT2D eigenvalue weighted by Crippen LogP contribution is 2.36. The van der Waals surface area contributed by atoms with E-state index in [2.05, 4.69) is 22.0 Å². The van der Waals surface area contributed by atoms with Gasteiger partial charge >= 0.3 is 0 Å². The molecule has 0 aliphatic carbocycles. The highest BCUT2D eigenvalue weighted by molar-refractivity contribution is 9.10. The minimum absolute atomic E-state index is 0.197. The molecule has 0 N–H and O–H groups in total. The second-order valence-electron chi connectivity index (χ2n) is 3.04. The average Bonchev–Trinajstić information content (AvgIpc) is 2.17. The molecule has 0 fully saturated rings. The van der Waals surface area contributed by atoms with Gasteiger partial charge in [-0.15, -0.1) is 11.8 Å². The fourth-order valence-corrected chi connectivity index (χ4v) is 2.79. The zero-order valence-electron chi connectivity index (χ0n) is 7.79. The van der Waals surface area contributed by atoms with Crippen molar-refractivity contribution in [1.29, 1.82) is 0 Å². The van der Waals surface area contributed by atoms with Gasteiger partial charge in [-0.1, -0.05) is 15.9 Å². The van der Waals surface area contributed by atoms with Crippen LogP contribution in [0.5, 0.6) is 0 Å². The summed E-state index contributed by atoms with van der Waals surface area (Å²) in [5.41, 5.74) is 1.03. The second kappa shape index (κ2) is 3.95. The number of hydrogen-bond donors (Lipinski definition) is 0. The maximum atomic E-state index is 11.6. The first-order chi connectivity index (χ1) is 6.72. The van der Waals surface area contributed by atoms with Crippen molar-refractivity contribution in [3.05, 3.63) is 22.7 Å². The summed E-state index contributed by atoms with van der Waals surface area (Å²) in [5, 5.41) is 0. The highest BCUT2D eigenvalue weighted by atomic mass is 79.9. The lowest BCUT2D eigenvalue weighted by molar-refractivity contribution is -0.116. The zero-order valence-corrected chi connectivity index (χ0v) is 10.2. The van der Waals surface area contributed by atoms with Gasteiger partial charge in [0.1, 0.15) is 0 Å². The third-order valence-electron chi connectivity index (χ3n) is 2.18. The molecule has 0 saturated heterocycles. The molecule has 1 amide bonds. The molecule has 0 saturated carbocycles. The molecule has 2 nitrogen and oxygen atoms in total. The van der Waals surface area contributed by atoms with E-state index in [-0.39, 0.29) is 5.91 Å². The van der Waals surface area contributed by atoms with E-state index >= 15 is 0 Å². The van der Waals surface area contributed by atoms with Gasteiger partial charge in [0.2, 0.25) is 5.91 Å². The van der Waals surface area contributed by atoms with Gasteiger partial charge in [0, 0.05) is 15.9 Å². The largest absolute Gasteiger partial charge is 0.311 e. The van der Waals surface area contributed by atoms with Gasteiger partial charge < -0.3 is 4.90 Å². The SMILES string of the molecule is CCN1C(=O)CSc2ccc(Br)cc21. The van der Waals surface area contributed by atoms with Crippen molar-refractivity contribution in [3.8, 4) is 0 Å². The molecule has 1 aliphatic heterocycles. The smallest absolute Gasteiger partial charge is 0.237 e. The fraction of sp³-hybridized carbons (Fsp3) is 0.300. The Morgan fingerprint density at radius 1 is 1.57 bits per heavy atom. The summed E-state index contributed by atoms with van der Waals surface area (Å²) in [7, 11) is 0. The molecule has 0 aromatic heterocycles. The Balaban J connectivity index is 2.49. The molecule has 0 spiro atoms. The van der Waals surface area contributed by atoms with Crippen molar-refractivity contribution < 1.29 is 4.79 Å². The molecule has 0 atom stereocenters. The Labute approximate surface area is 95.8 Å². The third kappa shape index (κ3) is 1.68. The highest BCUT2D eigenvalue weighted by Gasteiger charge is 2.23. The molecule has 1 aliphatic rings. The van der Waals surface area contributed by atoms with E-state index in [0.29, 0.717) is 5.75 Å². The van der Waals surface area contributed by atoms with Crippen LogP contribution in [-0.2, 0) is 4.79 Å². The van der Waals surface area contributed by atoms with Gasteiger partial charge in [0.25, 0.3) is 0 Å². The van der Waals surface area contributed by atoms with E-state index in [1.807, 2.05) is 24.0 Å². The first-order valence-corrected chi connectivity index (χ1v) is 6.23. The van der Waals surface area contributed by atoms with E-state index in [4.69, 9.17) is 0 Å². The Morgan fingerprint density at radius 3 is 3.07 bits per heavy atom. The molecule has 0 unspecified atom stereocenters. The number of fused-ring (bicyclic) bond motifs is 1. The summed E-state index contributed by atoms with van der Waals surface area (Å²) in [4.78, 5) is 14.6. The van der Waals surface area contributed by atoms with Crippen LogP contribution < -0.4 is 4.90 Å². The molecule has 0 radical (unpaired) electrons.